The van der Waals surface area contributed by atoms with Crippen LogP contribution >= 0.6 is 0 Å². The Bertz CT molecular complexity index is 531. The number of amides is 2. The molecule has 21 heavy (non-hydrogen) atoms. The van der Waals surface area contributed by atoms with Crippen LogP contribution in [0.3, 0.4) is 0 Å². The third-order valence-electron chi connectivity index (χ3n) is 3.53. The van der Waals surface area contributed by atoms with Crippen LogP contribution in [0.5, 0.6) is 0 Å². The van der Waals surface area contributed by atoms with Crippen molar-refractivity contribution in [3.63, 3.8) is 0 Å². The predicted molar refractivity (Wildman–Crippen MR) is 80.1 cm³/mol. The largest absolute Gasteiger partial charge is 0.340 e. The van der Waals surface area contributed by atoms with E-state index in [0.29, 0.717) is 17.7 Å². The number of rotatable bonds is 5. The highest BCUT2D eigenvalue weighted by atomic mass is 19.1. The van der Waals surface area contributed by atoms with Gasteiger partial charge in [-0.25, -0.2) is 0 Å². The van der Waals surface area contributed by atoms with E-state index in [0.717, 1.165) is 0 Å². The highest BCUT2D eigenvalue weighted by Crippen LogP contribution is 2.25. The van der Waals surface area contributed by atoms with Crippen molar-refractivity contribution in [2.24, 2.45) is 5.92 Å². The van der Waals surface area contributed by atoms with Gasteiger partial charge in [0.15, 0.2) is 0 Å². The summed E-state index contributed by atoms with van der Waals surface area (Å²) in [5.74, 6) is -0.119. The van der Waals surface area contributed by atoms with Crippen LogP contribution in [0.25, 0.3) is 0 Å². The average Bonchev–Trinajstić information content (AvgIpc) is 2.54. The van der Waals surface area contributed by atoms with Crippen LogP contribution in [-0.4, -0.2) is 31.1 Å². The van der Waals surface area contributed by atoms with Gasteiger partial charge in [0.2, 0.25) is 5.91 Å². The van der Waals surface area contributed by atoms with Crippen LogP contribution in [0, 0.1) is 5.92 Å². The molecule has 1 unspecified atom stereocenters. The molecule has 0 spiro atoms. The van der Waals surface area contributed by atoms with Crippen molar-refractivity contribution in [1.82, 2.24) is 5.32 Å². The molecule has 114 valence electrons. The molecule has 1 N–H and O–H groups in total. The summed E-state index contributed by atoms with van der Waals surface area (Å²) in [5, 5.41) is 2.80. The van der Waals surface area contributed by atoms with E-state index in [2.05, 4.69) is 5.32 Å². The van der Waals surface area contributed by atoms with Gasteiger partial charge in [-0.15, -0.1) is 0 Å². The normalized spacial score (nSPS) is 18.5. The maximum Gasteiger partial charge on any atom is 0.254 e. The minimum atomic E-state index is -0.551. The number of hydrogen-bond donors (Lipinski definition) is 1. The second-order valence-electron chi connectivity index (χ2n) is 5.71. The Morgan fingerprint density at radius 3 is 2.67 bits per heavy atom. The number of benzene rings is 1. The van der Waals surface area contributed by atoms with Crippen LogP contribution in [0.2, 0.25) is 0 Å². The Morgan fingerprint density at radius 1 is 1.29 bits per heavy atom. The third-order valence-corrected chi connectivity index (χ3v) is 3.53. The van der Waals surface area contributed by atoms with Gasteiger partial charge in [-0.3, -0.25) is 14.0 Å². The van der Waals surface area contributed by atoms with E-state index in [1.54, 1.807) is 29.2 Å². The molecular formula is C16H21FN2O2. The zero-order chi connectivity index (χ0) is 15.4. The van der Waals surface area contributed by atoms with E-state index in [1.165, 1.54) is 0 Å². The molecule has 0 fully saturated rings. The molecule has 0 radical (unpaired) electrons. The lowest BCUT2D eigenvalue weighted by Crippen LogP contribution is -2.46. The fraction of sp³-hybridized carbons (Fsp3) is 0.500. The van der Waals surface area contributed by atoms with Crippen molar-refractivity contribution in [3.8, 4) is 0 Å². The van der Waals surface area contributed by atoms with Gasteiger partial charge in [-0.2, -0.15) is 0 Å². The molecule has 0 aromatic heterocycles. The molecule has 0 aliphatic carbocycles. The van der Waals surface area contributed by atoms with Crippen molar-refractivity contribution >= 4 is 17.5 Å². The van der Waals surface area contributed by atoms with E-state index in [4.69, 9.17) is 0 Å². The monoisotopic (exact) mass is 292 g/mol. The minimum Gasteiger partial charge on any atom is -0.340 e. The van der Waals surface area contributed by atoms with E-state index < -0.39 is 12.7 Å². The first kappa shape index (κ1) is 15.5. The lowest BCUT2D eigenvalue weighted by molar-refractivity contribution is -0.120. The number of nitrogens with zero attached hydrogens (tertiary/aromatic N) is 1. The number of para-hydroxylation sites is 1. The van der Waals surface area contributed by atoms with Gasteiger partial charge < -0.3 is 10.2 Å². The number of anilines is 1. The molecule has 4 nitrogen and oxygen atoms in total. The lowest BCUT2D eigenvalue weighted by atomic mass is 10.0. The first-order valence-electron chi connectivity index (χ1n) is 7.31. The fourth-order valence-corrected chi connectivity index (χ4v) is 2.59. The molecule has 1 heterocycles. The van der Waals surface area contributed by atoms with E-state index in [1.807, 2.05) is 13.8 Å². The SMILES string of the molecule is CC(C)CC1NC(=O)c2ccccc2N(CCCF)C1=O. The molecule has 0 saturated carbocycles. The molecular weight excluding hydrogens is 271 g/mol. The average molecular weight is 292 g/mol. The molecule has 1 atom stereocenters. The Kier molecular flexibility index (Phi) is 4.94. The number of nitrogens with one attached hydrogen (secondary N) is 1. The number of carbonyl (C=O) groups is 2. The fourth-order valence-electron chi connectivity index (χ4n) is 2.59. The third kappa shape index (κ3) is 3.40. The number of carbonyl (C=O) groups excluding carboxylic acids is 2. The van der Waals surface area contributed by atoms with Crippen molar-refractivity contribution in [1.29, 1.82) is 0 Å². The Labute approximate surface area is 124 Å². The molecule has 1 aromatic carbocycles. The standard InChI is InChI=1S/C16H21FN2O2/c1-11(2)10-13-16(21)19(9-5-8-17)14-7-4-3-6-12(14)15(20)18-13/h3-4,6-7,11,13H,5,8-10H2,1-2H3,(H,18,20). The van der Waals surface area contributed by atoms with E-state index in [-0.39, 0.29) is 30.7 Å². The first-order chi connectivity index (χ1) is 10.0. The Morgan fingerprint density at radius 2 is 2.00 bits per heavy atom. The quantitative estimate of drug-likeness (QED) is 0.906. The highest BCUT2D eigenvalue weighted by Gasteiger charge is 2.33. The topological polar surface area (TPSA) is 49.4 Å². The summed E-state index contributed by atoms with van der Waals surface area (Å²) in [6.07, 6.45) is 0.841. The molecule has 5 heteroatoms. The second kappa shape index (κ2) is 6.70. The van der Waals surface area contributed by atoms with Crippen LogP contribution in [0.4, 0.5) is 10.1 Å². The number of fused-ring (bicyclic) bond motifs is 1. The Balaban J connectivity index is 2.38. The summed E-state index contributed by atoms with van der Waals surface area (Å²) in [7, 11) is 0. The van der Waals surface area contributed by atoms with Gasteiger partial charge in [0.25, 0.3) is 5.91 Å². The summed E-state index contributed by atoms with van der Waals surface area (Å²) >= 11 is 0. The van der Waals surface area contributed by atoms with Crippen molar-refractivity contribution in [2.45, 2.75) is 32.7 Å². The Hall–Kier alpha value is -1.91. The van der Waals surface area contributed by atoms with Crippen LogP contribution in [-0.2, 0) is 4.79 Å². The number of alkyl halides is 1. The number of halogens is 1. The lowest BCUT2D eigenvalue weighted by Gasteiger charge is -2.25. The minimum absolute atomic E-state index is 0.157. The first-order valence-corrected chi connectivity index (χ1v) is 7.31. The van der Waals surface area contributed by atoms with Gasteiger partial charge in [0, 0.05) is 6.54 Å². The molecule has 2 amide bonds. The highest BCUT2D eigenvalue weighted by molar-refractivity contribution is 6.10. The van der Waals surface area contributed by atoms with Crippen LogP contribution in [0.1, 0.15) is 37.0 Å². The van der Waals surface area contributed by atoms with Crippen molar-refractivity contribution in [2.75, 3.05) is 18.1 Å². The van der Waals surface area contributed by atoms with Crippen molar-refractivity contribution in [3.05, 3.63) is 29.8 Å². The predicted octanol–water partition coefficient (Wildman–Crippen LogP) is 2.54. The van der Waals surface area contributed by atoms with E-state index >= 15 is 0 Å². The van der Waals surface area contributed by atoms with Gasteiger partial charge in [0.1, 0.15) is 6.04 Å². The molecule has 0 saturated heterocycles. The summed E-state index contributed by atoms with van der Waals surface area (Å²) in [5.41, 5.74) is 1.04. The smallest absolute Gasteiger partial charge is 0.254 e. The maximum atomic E-state index is 12.7. The molecule has 0 bridgehead atoms. The van der Waals surface area contributed by atoms with E-state index in [9.17, 15) is 14.0 Å². The molecule has 1 aromatic rings. The zero-order valence-corrected chi connectivity index (χ0v) is 12.4. The second-order valence-corrected chi connectivity index (χ2v) is 5.71. The van der Waals surface area contributed by atoms with Gasteiger partial charge in [0.05, 0.1) is 17.9 Å². The molecule has 1 aliphatic rings. The molecule has 2 rings (SSSR count). The summed E-state index contributed by atoms with van der Waals surface area (Å²) < 4.78 is 12.5. The van der Waals surface area contributed by atoms with Gasteiger partial charge in [-0.05, 0) is 30.9 Å². The van der Waals surface area contributed by atoms with Gasteiger partial charge >= 0.3 is 0 Å². The number of hydrogen-bond acceptors (Lipinski definition) is 2. The maximum absolute atomic E-state index is 12.7. The summed E-state index contributed by atoms with van der Waals surface area (Å²) in [4.78, 5) is 26.5. The van der Waals surface area contributed by atoms with Crippen LogP contribution < -0.4 is 10.2 Å². The summed E-state index contributed by atoms with van der Waals surface area (Å²) in [6.45, 7) is 3.81. The van der Waals surface area contributed by atoms with Gasteiger partial charge in [-0.1, -0.05) is 26.0 Å². The molecule has 1 aliphatic heterocycles. The van der Waals surface area contributed by atoms with Crippen molar-refractivity contribution < 1.29 is 14.0 Å². The van der Waals surface area contributed by atoms with Crippen LogP contribution in [0.15, 0.2) is 24.3 Å². The zero-order valence-electron chi connectivity index (χ0n) is 12.4. The summed E-state index contributed by atoms with van der Waals surface area (Å²) in [6, 6.07) is 6.43.